The second kappa shape index (κ2) is 23.2. The van der Waals surface area contributed by atoms with Crippen molar-refractivity contribution < 1.29 is 129 Å². The Kier molecular flexibility index (Phi) is 19.1. The fourth-order valence-corrected chi connectivity index (χ4v) is 8.24. The Morgan fingerprint density at radius 1 is 0.369 bits per heavy atom. The van der Waals surface area contributed by atoms with Crippen molar-refractivity contribution in [3.63, 3.8) is 0 Å². The van der Waals surface area contributed by atoms with Crippen molar-refractivity contribution in [2.24, 2.45) is 0 Å². The molecule has 5 heterocycles. The average Bonchev–Trinajstić information content (AvgIpc) is 3.26. The molecule has 29 heteroatoms. The topological polar surface area (TPSA) is 454 Å². The Morgan fingerprint density at radius 2 is 0.708 bits per heavy atom. The zero-order chi connectivity index (χ0) is 48.2. The third-order valence-electron chi connectivity index (χ3n) is 11.5. The summed E-state index contributed by atoms with van der Waals surface area (Å²) in [4.78, 5) is 36.8. The molecule has 5 aliphatic rings. The Bertz CT molecular complexity index is 1560. The highest BCUT2D eigenvalue weighted by atomic mass is 16.8. The summed E-state index contributed by atoms with van der Waals surface area (Å²) < 4.78 is 51.4. The minimum atomic E-state index is -2.16. The molecule has 376 valence electrons. The van der Waals surface area contributed by atoms with Crippen LogP contribution in [0.5, 0.6) is 0 Å². The van der Waals surface area contributed by atoms with Gasteiger partial charge >= 0.3 is 0 Å². The maximum atomic E-state index is 12.4. The zero-order valence-electron chi connectivity index (χ0n) is 35.1. The lowest BCUT2D eigenvalue weighted by Gasteiger charge is -2.50. The molecule has 1 unspecified atom stereocenters. The minimum absolute atomic E-state index is 0.708. The number of amides is 3. The molecule has 3 amide bonds. The second-order valence-electron chi connectivity index (χ2n) is 16.2. The standard InChI is InChI=1S/C36H61N3O26/c1-9(45)37-17-23(51)29(16(8-44)60-33(17)64-30-19(39-11(3)47)32(56)57-13(5-41)21(30)49)63-36-27(55)31(22(50)14(6-42)59-36)65-34-18(38-10(2)46)24(52)28(15(7-43)61-34)62-35-26(54)25(53)20(48)12(4-40)58-35/h12-36,40-44,48-56H,4-8H2,1-3H3,(H,37,45)(H,38,46)(H,39,47)/t12-,13-,14-,15-,16-,17-,18-,19-,20+,21+,22+,23-,24-,25+,26-,27-,28-,29-,30-,31+,32?,33+,34+,35+,36+/m1/s1. The van der Waals surface area contributed by atoms with Crippen LogP contribution in [0.25, 0.3) is 0 Å². The van der Waals surface area contributed by atoms with Crippen molar-refractivity contribution in [2.45, 2.75) is 174 Å². The molecule has 0 bridgehead atoms. The lowest BCUT2D eigenvalue weighted by molar-refractivity contribution is -0.380. The van der Waals surface area contributed by atoms with Crippen LogP contribution in [0.3, 0.4) is 0 Å². The molecule has 0 aromatic rings. The lowest BCUT2D eigenvalue weighted by Crippen LogP contribution is -2.71. The largest absolute Gasteiger partial charge is 0.394 e. The van der Waals surface area contributed by atoms with Crippen LogP contribution in [0.15, 0.2) is 0 Å². The van der Waals surface area contributed by atoms with E-state index >= 15 is 0 Å². The molecule has 5 aliphatic heterocycles. The van der Waals surface area contributed by atoms with E-state index in [9.17, 15) is 85.9 Å². The van der Waals surface area contributed by atoms with Gasteiger partial charge in [0.15, 0.2) is 31.5 Å². The minimum Gasteiger partial charge on any atom is -0.394 e. The zero-order valence-corrected chi connectivity index (χ0v) is 35.1. The van der Waals surface area contributed by atoms with Crippen LogP contribution in [-0.4, -0.2) is 276 Å². The highest BCUT2D eigenvalue weighted by Gasteiger charge is 2.57. The fourth-order valence-electron chi connectivity index (χ4n) is 8.24. The monoisotopic (exact) mass is 951 g/mol. The van der Waals surface area contributed by atoms with Crippen LogP contribution in [-0.2, 0) is 57.0 Å². The van der Waals surface area contributed by atoms with E-state index in [4.69, 9.17) is 42.6 Å². The van der Waals surface area contributed by atoms with Crippen molar-refractivity contribution >= 4 is 17.7 Å². The number of carbonyl (C=O) groups is 3. The van der Waals surface area contributed by atoms with Gasteiger partial charge < -0.3 is 130 Å². The highest BCUT2D eigenvalue weighted by molar-refractivity contribution is 5.74. The first-order valence-corrected chi connectivity index (χ1v) is 20.6. The molecule has 17 N–H and O–H groups in total. The van der Waals surface area contributed by atoms with Crippen LogP contribution < -0.4 is 16.0 Å². The van der Waals surface area contributed by atoms with Crippen LogP contribution in [0.1, 0.15) is 20.8 Å². The van der Waals surface area contributed by atoms with E-state index < -0.39 is 204 Å². The summed E-state index contributed by atoms with van der Waals surface area (Å²) in [5.41, 5.74) is 0. The van der Waals surface area contributed by atoms with E-state index in [0.29, 0.717) is 0 Å². The number of aliphatic hydroxyl groups excluding tert-OH is 14. The molecular weight excluding hydrogens is 890 g/mol. The number of carbonyl (C=O) groups excluding carboxylic acids is 3. The number of nitrogens with one attached hydrogen (secondary N) is 3. The Hall–Kier alpha value is -2.51. The predicted molar refractivity (Wildman–Crippen MR) is 201 cm³/mol. The first-order chi connectivity index (χ1) is 30.7. The maximum Gasteiger partial charge on any atom is 0.217 e. The van der Waals surface area contributed by atoms with Gasteiger partial charge in [-0.05, 0) is 0 Å². The smallest absolute Gasteiger partial charge is 0.217 e. The maximum absolute atomic E-state index is 12.4. The molecule has 0 aromatic heterocycles. The quantitative estimate of drug-likeness (QED) is 0.0683. The molecule has 5 rings (SSSR count). The normalized spacial score (nSPS) is 47.1. The number of rotatable bonds is 16. The number of aliphatic hydroxyl groups is 14. The van der Waals surface area contributed by atoms with Crippen LogP contribution in [0.4, 0.5) is 0 Å². The van der Waals surface area contributed by atoms with Crippen molar-refractivity contribution in [2.75, 3.05) is 33.0 Å². The first kappa shape index (κ1) is 53.4. The molecule has 0 radical (unpaired) electrons. The predicted octanol–water partition coefficient (Wildman–Crippen LogP) is -11.5. The van der Waals surface area contributed by atoms with Gasteiger partial charge in [-0.2, -0.15) is 0 Å². The molecule has 0 aromatic carbocycles. The van der Waals surface area contributed by atoms with Gasteiger partial charge in [0.05, 0.1) is 33.0 Å². The van der Waals surface area contributed by atoms with E-state index in [0.717, 1.165) is 20.8 Å². The first-order valence-electron chi connectivity index (χ1n) is 20.6. The summed E-state index contributed by atoms with van der Waals surface area (Å²) in [7, 11) is 0. The summed E-state index contributed by atoms with van der Waals surface area (Å²) in [5, 5.41) is 156. The summed E-state index contributed by atoms with van der Waals surface area (Å²) in [6, 6.07) is -4.88. The van der Waals surface area contributed by atoms with Gasteiger partial charge in [-0.25, -0.2) is 0 Å². The summed E-state index contributed by atoms with van der Waals surface area (Å²) in [6.45, 7) is -1.45. The van der Waals surface area contributed by atoms with Gasteiger partial charge in [-0.3, -0.25) is 14.4 Å². The molecule has 0 aliphatic carbocycles. The molecular formula is C36H61N3O26. The molecule has 0 saturated carbocycles. The highest BCUT2D eigenvalue weighted by Crippen LogP contribution is 2.36. The van der Waals surface area contributed by atoms with Crippen LogP contribution in [0.2, 0.25) is 0 Å². The van der Waals surface area contributed by atoms with E-state index in [1.807, 2.05) is 0 Å². The van der Waals surface area contributed by atoms with Gasteiger partial charge in [-0.15, -0.1) is 0 Å². The van der Waals surface area contributed by atoms with Gasteiger partial charge in [0.1, 0.15) is 122 Å². The van der Waals surface area contributed by atoms with E-state index in [2.05, 4.69) is 16.0 Å². The average molecular weight is 952 g/mol. The second-order valence-corrected chi connectivity index (χ2v) is 16.2. The lowest BCUT2D eigenvalue weighted by atomic mass is 9.93. The molecule has 5 fully saturated rings. The molecule has 25 atom stereocenters. The van der Waals surface area contributed by atoms with Crippen molar-refractivity contribution in [3.05, 3.63) is 0 Å². The van der Waals surface area contributed by atoms with Crippen LogP contribution in [0, 0.1) is 0 Å². The van der Waals surface area contributed by atoms with Gasteiger partial charge in [0, 0.05) is 20.8 Å². The molecule has 65 heavy (non-hydrogen) atoms. The number of ether oxygens (including phenoxy) is 9. The van der Waals surface area contributed by atoms with Crippen molar-refractivity contribution in [1.29, 1.82) is 0 Å². The van der Waals surface area contributed by atoms with E-state index in [-0.39, 0.29) is 0 Å². The van der Waals surface area contributed by atoms with E-state index in [1.54, 1.807) is 0 Å². The summed E-state index contributed by atoms with van der Waals surface area (Å²) >= 11 is 0. The van der Waals surface area contributed by atoms with Gasteiger partial charge in [0.2, 0.25) is 17.7 Å². The van der Waals surface area contributed by atoms with Gasteiger partial charge in [0.25, 0.3) is 0 Å². The van der Waals surface area contributed by atoms with Crippen LogP contribution >= 0.6 is 0 Å². The number of hydrogen-bond donors (Lipinski definition) is 17. The summed E-state index contributed by atoms with van der Waals surface area (Å²) in [6.07, 6.45) is -39.9. The third kappa shape index (κ3) is 11.9. The van der Waals surface area contributed by atoms with Crippen molar-refractivity contribution in [1.82, 2.24) is 16.0 Å². The molecule has 5 saturated heterocycles. The Balaban J connectivity index is 1.38. The molecule has 29 nitrogen and oxygen atoms in total. The SMILES string of the molecule is CC(=O)N[C@H]1[C@H](O[C@H]2[C@@H](O)[C@@H](CO)O[C@@H](O[C@H]3[C@H](O)[C@@H](NC(C)=O)[C@H](O[C@H]4[C@@H](O)[C@@H](CO)OC(O)[C@@H]4NC(C)=O)O[C@@H]3CO)[C@@H]2O)O[C@H](CO)[C@@H](O[C@@H]2O[C@H](CO)[C@H](O)[C@H](O)[C@H]2O)[C@@H]1O. The summed E-state index contributed by atoms with van der Waals surface area (Å²) in [5.74, 6) is -2.30. The van der Waals surface area contributed by atoms with E-state index in [1.165, 1.54) is 0 Å². The Labute approximate surface area is 369 Å². The Morgan fingerprint density at radius 3 is 1.14 bits per heavy atom. The molecule has 0 spiro atoms. The number of hydrogen-bond acceptors (Lipinski definition) is 26. The fraction of sp³-hybridized carbons (Fsp3) is 0.917. The van der Waals surface area contributed by atoms with Gasteiger partial charge in [-0.1, -0.05) is 0 Å². The third-order valence-corrected chi connectivity index (χ3v) is 11.5. The van der Waals surface area contributed by atoms with Crippen molar-refractivity contribution in [3.8, 4) is 0 Å².